The van der Waals surface area contributed by atoms with Crippen molar-refractivity contribution in [1.29, 1.82) is 0 Å². The molecule has 1 aliphatic rings. The number of aryl methyl sites for hydroxylation is 1. The summed E-state index contributed by atoms with van der Waals surface area (Å²) in [7, 11) is 0. The molecule has 0 radical (unpaired) electrons. The highest BCUT2D eigenvalue weighted by Gasteiger charge is 2.22. The van der Waals surface area contributed by atoms with Gasteiger partial charge in [0.25, 0.3) is 5.91 Å². The van der Waals surface area contributed by atoms with E-state index >= 15 is 0 Å². The summed E-state index contributed by atoms with van der Waals surface area (Å²) in [6.45, 7) is 8.09. The Morgan fingerprint density at radius 3 is 2.57 bits per heavy atom. The van der Waals surface area contributed by atoms with E-state index in [1.165, 1.54) is 0 Å². The Bertz CT molecular complexity index is 1010. The average molecular weight is 450 g/mol. The van der Waals surface area contributed by atoms with Crippen LogP contribution in [0, 0.1) is 6.92 Å². The molecule has 1 fully saturated rings. The zero-order valence-electron chi connectivity index (χ0n) is 17.5. The minimum atomic E-state index is -0.0440. The van der Waals surface area contributed by atoms with Crippen molar-refractivity contribution in [2.24, 2.45) is 0 Å². The molecule has 4 rings (SSSR count). The maximum atomic E-state index is 13.2. The van der Waals surface area contributed by atoms with Crippen LogP contribution in [0.4, 0.5) is 0 Å². The number of piperidine rings is 1. The predicted octanol–water partition coefficient (Wildman–Crippen LogP) is 4.31. The third kappa shape index (κ3) is 4.77. The number of carbonyl (C=O) groups excluding carboxylic acids is 1. The number of hydrogen-bond acceptors (Lipinski definition) is 4. The first kappa shape index (κ1) is 24.1. The highest BCUT2D eigenvalue weighted by Crippen LogP contribution is 2.28. The van der Waals surface area contributed by atoms with Gasteiger partial charge in [-0.1, -0.05) is 24.3 Å². The van der Waals surface area contributed by atoms with Crippen LogP contribution in [0.3, 0.4) is 0 Å². The first-order valence-corrected chi connectivity index (χ1v) is 10.0. The summed E-state index contributed by atoms with van der Waals surface area (Å²) in [5.74, 6) is -0.0440. The van der Waals surface area contributed by atoms with Crippen LogP contribution in [-0.2, 0) is 0 Å². The minimum Gasteiger partial charge on any atom is -0.349 e. The molecule has 1 saturated heterocycles. The van der Waals surface area contributed by atoms with E-state index in [1.807, 2.05) is 28.9 Å². The molecule has 2 N–H and O–H groups in total. The van der Waals surface area contributed by atoms with E-state index < -0.39 is 0 Å². The first-order valence-electron chi connectivity index (χ1n) is 10.0. The summed E-state index contributed by atoms with van der Waals surface area (Å²) in [4.78, 5) is 18.1. The average Bonchev–Trinajstić information content (AvgIpc) is 3.12. The van der Waals surface area contributed by atoms with Crippen molar-refractivity contribution in [2.75, 3.05) is 13.1 Å². The lowest BCUT2D eigenvalue weighted by atomic mass is 10.0. The Morgan fingerprint density at radius 2 is 1.90 bits per heavy atom. The van der Waals surface area contributed by atoms with Crippen LogP contribution < -0.4 is 10.6 Å². The number of nitrogens with zero attached hydrogens (tertiary/aromatic N) is 3. The van der Waals surface area contributed by atoms with E-state index in [0.29, 0.717) is 5.56 Å². The topological polar surface area (TPSA) is 71.8 Å². The highest BCUT2D eigenvalue weighted by molar-refractivity contribution is 6.06. The summed E-state index contributed by atoms with van der Waals surface area (Å²) in [5, 5.41) is 11.9. The first-order chi connectivity index (χ1) is 13.5. The van der Waals surface area contributed by atoms with E-state index in [0.717, 1.165) is 53.8 Å². The second-order valence-electron chi connectivity index (χ2n) is 7.79. The Balaban J connectivity index is 0.00000160. The van der Waals surface area contributed by atoms with Crippen molar-refractivity contribution in [3.05, 3.63) is 47.7 Å². The van der Waals surface area contributed by atoms with E-state index in [2.05, 4.69) is 42.6 Å². The van der Waals surface area contributed by atoms with Crippen molar-refractivity contribution in [3.63, 3.8) is 0 Å². The fourth-order valence-corrected chi connectivity index (χ4v) is 3.81. The van der Waals surface area contributed by atoms with Crippen LogP contribution >= 0.6 is 24.8 Å². The van der Waals surface area contributed by atoms with Crippen molar-refractivity contribution in [1.82, 2.24) is 25.4 Å². The SMILES string of the molecule is Cc1ccccc1-c1cc(C(=O)NC2CCNCC2)c2cnn(C(C)C)c2n1.Cl.Cl. The van der Waals surface area contributed by atoms with Gasteiger partial charge in [-0.25, -0.2) is 9.67 Å². The van der Waals surface area contributed by atoms with Crippen LogP contribution in [0.1, 0.15) is 48.7 Å². The normalized spacial score (nSPS) is 14.3. The molecular formula is C22H29Cl2N5O. The zero-order valence-corrected chi connectivity index (χ0v) is 19.1. The van der Waals surface area contributed by atoms with Crippen molar-refractivity contribution in [3.8, 4) is 11.3 Å². The van der Waals surface area contributed by atoms with E-state index in [1.54, 1.807) is 6.20 Å². The van der Waals surface area contributed by atoms with E-state index in [-0.39, 0.29) is 42.8 Å². The number of hydrogen-bond donors (Lipinski definition) is 2. The summed E-state index contributed by atoms with van der Waals surface area (Å²) < 4.78 is 1.89. The Kier molecular flexibility index (Phi) is 8.24. The van der Waals surface area contributed by atoms with Gasteiger partial charge in [0.1, 0.15) is 0 Å². The molecule has 2 aromatic heterocycles. The fraction of sp³-hybridized carbons (Fsp3) is 0.409. The zero-order chi connectivity index (χ0) is 19.7. The molecule has 3 heterocycles. The van der Waals surface area contributed by atoms with Gasteiger partial charge in [0.2, 0.25) is 0 Å². The van der Waals surface area contributed by atoms with Gasteiger partial charge < -0.3 is 10.6 Å². The summed E-state index contributed by atoms with van der Waals surface area (Å²) >= 11 is 0. The number of benzene rings is 1. The molecule has 0 unspecified atom stereocenters. The van der Waals surface area contributed by atoms with Crippen LogP contribution in [-0.4, -0.2) is 39.8 Å². The fourth-order valence-electron chi connectivity index (χ4n) is 3.81. The minimum absolute atomic E-state index is 0. The lowest BCUT2D eigenvalue weighted by molar-refractivity contribution is 0.0931. The van der Waals surface area contributed by atoms with E-state index in [9.17, 15) is 4.79 Å². The molecule has 0 bridgehead atoms. The molecular weight excluding hydrogens is 421 g/mol. The second kappa shape index (κ2) is 10.2. The Labute approximate surface area is 189 Å². The lowest BCUT2D eigenvalue weighted by Crippen LogP contribution is -2.42. The monoisotopic (exact) mass is 449 g/mol. The van der Waals surface area contributed by atoms with Gasteiger partial charge in [-0.2, -0.15) is 5.10 Å². The van der Waals surface area contributed by atoms with Crippen molar-refractivity contribution >= 4 is 41.8 Å². The standard InChI is InChI=1S/C22H27N5O.2ClH/c1-14(2)27-21-19(13-24-27)18(22(28)25-16-8-10-23-11-9-16)12-20(26-21)17-7-5-4-6-15(17)3;;/h4-7,12-14,16,23H,8-11H2,1-3H3,(H,25,28);2*1H. The van der Waals surface area contributed by atoms with Crippen LogP contribution in [0.2, 0.25) is 0 Å². The molecule has 0 atom stereocenters. The molecule has 0 saturated carbocycles. The molecule has 6 nitrogen and oxygen atoms in total. The quantitative estimate of drug-likeness (QED) is 0.622. The smallest absolute Gasteiger partial charge is 0.252 e. The molecule has 3 aromatic rings. The molecule has 8 heteroatoms. The summed E-state index contributed by atoms with van der Waals surface area (Å²) in [5.41, 5.74) is 4.38. The maximum Gasteiger partial charge on any atom is 0.252 e. The van der Waals surface area contributed by atoms with Gasteiger partial charge in [0.15, 0.2) is 5.65 Å². The lowest BCUT2D eigenvalue weighted by Gasteiger charge is -2.24. The molecule has 0 spiro atoms. The van der Waals surface area contributed by atoms with Gasteiger partial charge in [-0.15, -0.1) is 24.8 Å². The number of pyridine rings is 1. The molecule has 1 aliphatic heterocycles. The third-order valence-corrected chi connectivity index (χ3v) is 5.40. The number of rotatable bonds is 4. The number of nitrogens with one attached hydrogen (secondary N) is 2. The van der Waals surface area contributed by atoms with Gasteiger partial charge in [-0.05, 0) is 58.3 Å². The van der Waals surface area contributed by atoms with E-state index in [4.69, 9.17) is 4.98 Å². The maximum absolute atomic E-state index is 13.2. The molecule has 162 valence electrons. The number of fused-ring (bicyclic) bond motifs is 1. The third-order valence-electron chi connectivity index (χ3n) is 5.40. The largest absolute Gasteiger partial charge is 0.349 e. The number of halogens is 2. The summed E-state index contributed by atoms with van der Waals surface area (Å²) in [6, 6.07) is 10.4. The Hall–Kier alpha value is -2.15. The second-order valence-corrected chi connectivity index (χ2v) is 7.79. The number of carbonyl (C=O) groups is 1. The van der Waals surface area contributed by atoms with Crippen LogP contribution in [0.15, 0.2) is 36.5 Å². The summed E-state index contributed by atoms with van der Waals surface area (Å²) in [6.07, 6.45) is 3.67. The van der Waals surface area contributed by atoms with Gasteiger partial charge >= 0.3 is 0 Å². The van der Waals surface area contributed by atoms with Gasteiger partial charge in [-0.3, -0.25) is 4.79 Å². The van der Waals surface area contributed by atoms with Crippen molar-refractivity contribution < 1.29 is 4.79 Å². The Morgan fingerprint density at radius 1 is 1.20 bits per heavy atom. The van der Waals surface area contributed by atoms with Crippen LogP contribution in [0.5, 0.6) is 0 Å². The highest BCUT2D eigenvalue weighted by atomic mass is 35.5. The number of amides is 1. The molecule has 1 amide bonds. The van der Waals surface area contributed by atoms with Crippen molar-refractivity contribution in [2.45, 2.75) is 45.7 Å². The number of aromatic nitrogens is 3. The molecule has 0 aliphatic carbocycles. The van der Waals surface area contributed by atoms with Crippen LogP contribution in [0.25, 0.3) is 22.3 Å². The molecule has 30 heavy (non-hydrogen) atoms. The predicted molar refractivity (Wildman–Crippen MR) is 126 cm³/mol. The van der Waals surface area contributed by atoms with Gasteiger partial charge in [0.05, 0.1) is 22.8 Å². The van der Waals surface area contributed by atoms with Gasteiger partial charge in [0, 0.05) is 17.6 Å². The molecule has 1 aromatic carbocycles.